The van der Waals surface area contributed by atoms with Crippen molar-refractivity contribution in [1.29, 1.82) is 0 Å². The average molecular weight is 1100 g/mol. The number of rotatable bonds is 67. The van der Waals surface area contributed by atoms with Gasteiger partial charge in [-0.25, -0.2) is 0 Å². The van der Waals surface area contributed by atoms with Gasteiger partial charge in [-0.2, -0.15) is 0 Å². The van der Waals surface area contributed by atoms with E-state index in [-0.39, 0.29) is 18.5 Å². The average Bonchev–Trinajstić information content (AvgIpc) is 3.44. The lowest BCUT2D eigenvalue weighted by atomic mass is 10.0. The van der Waals surface area contributed by atoms with Crippen molar-refractivity contribution >= 4 is 11.9 Å². The second kappa shape index (κ2) is 67.8. The van der Waals surface area contributed by atoms with Crippen molar-refractivity contribution < 1.29 is 24.5 Å². The number of carbonyl (C=O) groups is 2. The molecule has 3 N–H and O–H groups in total. The Labute approximate surface area is 488 Å². The number of ether oxygens (including phenoxy) is 1. The first kappa shape index (κ1) is 76.3. The van der Waals surface area contributed by atoms with Crippen LogP contribution in [0.5, 0.6) is 0 Å². The third kappa shape index (κ3) is 63.5. The van der Waals surface area contributed by atoms with Crippen molar-refractivity contribution in [1.82, 2.24) is 5.32 Å². The number of carbonyl (C=O) groups excluding carboxylic acids is 2. The fourth-order valence-electron chi connectivity index (χ4n) is 11.3. The molecule has 0 aromatic heterocycles. The van der Waals surface area contributed by atoms with Gasteiger partial charge in [0.1, 0.15) is 0 Å². The molecule has 0 aliphatic heterocycles. The lowest BCUT2D eigenvalue weighted by Crippen LogP contribution is -2.45. The van der Waals surface area contributed by atoms with Gasteiger partial charge < -0.3 is 20.3 Å². The second-order valence-electron chi connectivity index (χ2n) is 24.6. The molecule has 0 spiro atoms. The Balaban J connectivity index is 3.30. The van der Waals surface area contributed by atoms with Gasteiger partial charge in [-0.3, -0.25) is 9.59 Å². The minimum absolute atomic E-state index is 0.0206. The first-order valence-corrected chi connectivity index (χ1v) is 35.6. The highest BCUT2D eigenvalue weighted by molar-refractivity contribution is 5.76. The topological polar surface area (TPSA) is 95.9 Å². The highest BCUT2D eigenvalue weighted by Crippen LogP contribution is 2.19. The van der Waals surface area contributed by atoms with Gasteiger partial charge in [-0.1, -0.05) is 353 Å². The highest BCUT2D eigenvalue weighted by Gasteiger charge is 2.18. The molecule has 0 aromatic carbocycles. The van der Waals surface area contributed by atoms with Gasteiger partial charge in [0.05, 0.1) is 25.4 Å². The number of unbranched alkanes of at least 4 members (excludes halogenated alkanes) is 54. The molecule has 6 nitrogen and oxygen atoms in total. The molecule has 6 heteroatoms. The fraction of sp³-hybridized carbons (Fsp3) is 0.917. The van der Waals surface area contributed by atoms with Crippen LogP contribution in [0.15, 0.2) is 24.3 Å². The van der Waals surface area contributed by atoms with Crippen LogP contribution in [-0.4, -0.2) is 47.4 Å². The SMILES string of the molecule is CCCCCCCC/C=C\CCCCCCCCCCCC(=O)OCCCCCCCCCCCCCCCCCCCCCCCCCCCCCCCCCC(=O)NC(CO)C(O)/C=C/CCCCCCCCCCC. The summed E-state index contributed by atoms with van der Waals surface area (Å²) in [6, 6.07) is -0.623. The molecule has 0 fully saturated rings. The number of nitrogens with one attached hydrogen (secondary N) is 1. The summed E-state index contributed by atoms with van der Waals surface area (Å²) in [5.41, 5.74) is 0. The van der Waals surface area contributed by atoms with Gasteiger partial charge in [0.15, 0.2) is 0 Å². The summed E-state index contributed by atoms with van der Waals surface area (Å²) in [6.45, 7) is 4.92. The number of aliphatic hydroxyl groups is 2. The first-order valence-electron chi connectivity index (χ1n) is 35.6. The van der Waals surface area contributed by atoms with Crippen LogP contribution in [0.25, 0.3) is 0 Å². The molecule has 1 amide bonds. The molecule has 0 rings (SSSR count). The number of aliphatic hydroxyl groups excluding tert-OH is 2. The molecular weight excluding hydrogens is 959 g/mol. The molecule has 78 heavy (non-hydrogen) atoms. The number of allylic oxidation sites excluding steroid dienone is 3. The van der Waals surface area contributed by atoms with Crippen LogP contribution in [0.1, 0.15) is 399 Å². The van der Waals surface area contributed by atoms with Crippen molar-refractivity contribution in [2.75, 3.05) is 13.2 Å². The fourth-order valence-corrected chi connectivity index (χ4v) is 11.3. The van der Waals surface area contributed by atoms with Gasteiger partial charge in [-0.05, 0) is 57.8 Å². The Bertz CT molecular complexity index is 1220. The molecule has 2 unspecified atom stereocenters. The zero-order valence-corrected chi connectivity index (χ0v) is 52.9. The summed E-state index contributed by atoms with van der Waals surface area (Å²) >= 11 is 0. The van der Waals surface area contributed by atoms with E-state index < -0.39 is 12.1 Å². The van der Waals surface area contributed by atoms with Crippen molar-refractivity contribution in [2.24, 2.45) is 0 Å². The minimum Gasteiger partial charge on any atom is -0.466 e. The predicted molar refractivity (Wildman–Crippen MR) is 343 cm³/mol. The molecule has 0 saturated heterocycles. The molecule has 0 radical (unpaired) electrons. The van der Waals surface area contributed by atoms with Crippen molar-refractivity contribution in [2.45, 2.75) is 411 Å². The van der Waals surface area contributed by atoms with Crippen LogP contribution in [0.3, 0.4) is 0 Å². The van der Waals surface area contributed by atoms with Crippen LogP contribution in [0, 0.1) is 0 Å². The van der Waals surface area contributed by atoms with E-state index >= 15 is 0 Å². The van der Waals surface area contributed by atoms with Gasteiger partial charge in [0.25, 0.3) is 0 Å². The lowest BCUT2D eigenvalue weighted by molar-refractivity contribution is -0.143. The number of esters is 1. The van der Waals surface area contributed by atoms with Crippen LogP contribution in [0.2, 0.25) is 0 Å². The quantitative estimate of drug-likeness (QED) is 0.0320. The van der Waals surface area contributed by atoms with E-state index in [1.165, 1.54) is 334 Å². The minimum atomic E-state index is -0.839. The third-order valence-corrected chi connectivity index (χ3v) is 16.7. The van der Waals surface area contributed by atoms with Crippen molar-refractivity contribution in [3.05, 3.63) is 24.3 Å². The van der Waals surface area contributed by atoms with E-state index in [0.29, 0.717) is 19.4 Å². The number of hydrogen-bond acceptors (Lipinski definition) is 5. The summed E-state index contributed by atoms with van der Waals surface area (Å²) in [5, 5.41) is 23.1. The van der Waals surface area contributed by atoms with Crippen LogP contribution >= 0.6 is 0 Å². The van der Waals surface area contributed by atoms with E-state index in [1.807, 2.05) is 6.08 Å². The molecule has 462 valence electrons. The van der Waals surface area contributed by atoms with Crippen molar-refractivity contribution in [3.8, 4) is 0 Å². The molecule has 0 aliphatic carbocycles. The Hall–Kier alpha value is -1.66. The van der Waals surface area contributed by atoms with E-state index in [1.54, 1.807) is 6.08 Å². The van der Waals surface area contributed by atoms with Gasteiger partial charge in [0, 0.05) is 12.8 Å². The Morgan fingerprint density at radius 1 is 0.346 bits per heavy atom. The lowest BCUT2D eigenvalue weighted by Gasteiger charge is -2.20. The molecule has 2 atom stereocenters. The van der Waals surface area contributed by atoms with Crippen LogP contribution in [0.4, 0.5) is 0 Å². The van der Waals surface area contributed by atoms with E-state index in [4.69, 9.17) is 4.74 Å². The molecule has 0 aliphatic rings. The van der Waals surface area contributed by atoms with Gasteiger partial charge >= 0.3 is 5.97 Å². The summed E-state index contributed by atoms with van der Waals surface area (Å²) in [4.78, 5) is 24.6. The maximum absolute atomic E-state index is 12.4. The van der Waals surface area contributed by atoms with E-state index in [9.17, 15) is 19.8 Å². The summed E-state index contributed by atoms with van der Waals surface area (Å²) in [6.07, 6.45) is 85.6. The first-order chi connectivity index (χ1) is 38.5. The maximum atomic E-state index is 12.4. The third-order valence-electron chi connectivity index (χ3n) is 16.7. The summed E-state index contributed by atoms with van der Waals surface area (Å²) in [7, 11) is 0. The standard InChI is InChI=1S/C72H139NO5/c1-3-5-7-9-11-13-15-16-17-18-32-36-39-42-46-50-54-58-62-66-72(77)78-67-63-59-55-51-47-43-40-37-34-31-29-27-25-23-21-19-20-22-24-26-28-30-33-35-38-41-45-49-53-57-61-65-71(76)73-69(68-74)70(75)64-60-56-52-48-44-14-12-10-8-6-4-2/h16-17,60,64,69-70,74-75H,3-15,18-59,61-63,65-68H2,1-2H3,(H,73,76)/b17-16-,64-60+. The van der Waals surface area contributed by atoms with Crippen molar-refractivity contribution in [3.63, 3.8) is 0 Å². The van der Waals surface area contributed by atoms with E-state index in [2.05, 4.69) is 31.3 Å². The maximum Gasteiger partial charge on any atom is 0.305 e. The monoisotopic (exact) mass is 1100 g/mol. The van der Waals surface area contributed by atoms with Crippen LogP contribution in [-0.2, 0) is 14.3 Å². The van der Waals surface area contributed by atoms with Crippen LogP contribution < -0.4 is 5.32 Å². The second-order valence-corrected chi connectivity index (χ2v) is 24.6. The molecule has 0 bridgehead atoms. The smallest absolute Gasteiger partial charge is 0.305 e. The number of amides is 1. The molecule has 0 saturated carbocycles. The summed E-state index contributed by atoms with van der Waals surface area (Å²) < 4.78 is 5.51. The molecular formula is C72H139NO5. The highest BCUT2D eigenvalue weighted by atomic mass is 16.5. The summed E-state index contributed by atoms with van der Waals surface area (Å²) in [5.74, 6) is -0.0427. The Kier molecular flexibility index (Phi) is 66.4. The van der Waals surface area contributed by atoms with Gasteiger partial charge in [0.2, 0.25) is 5.91 Å². The zero-order chi connectivity index (χ0) is 56.4. The largest absolute Gasteiger partial charge is 0.466 e. The Morgan fingerprint density at radius 2 is 0.603 bits per heavy atom. The predicted octanol–water partition coefficient (Wildman–Crippen LogP) is 22.9. The van der Waals surface area contributed by atoms with Gasteiger partial charge in [-0.15, -0.1) is 0 Å². The zero-order valence-electron chi connectivity index (χ0n) is 52.9. The molecule has 0 heterocycles. The molecule has 0 aromatic rings. The van der Waals surface area contributed by atoms with E-state index in [0.717, 1.165) is 38.5 Å². The Morgan fingerprint density at radius 3 is 0.910 bits per heavy atom. The normalized spacial score (nSPS) is 12.6. The number of hydrogen-bond donors (Lipinski definition) is 3.